The standard InChI is InChI=1S/C20H28ClF3N4O4/c1-10(26-19(25)29)3-4-11-5-6-12(8-30-11)32-20-27-17-13(22)7-14(31-9-15(23)24)16(21)18(17)28(20)2/h7,10-12,15-16,18H,3-6,8-9H2,1-2H3,(H3,25,26,29)/t10-,11+,12+,16?,18?/m0/s1. The Balaban J connectivity index is 1.52. The molecular weight excluding hydrogens is 453 g/mol. The van der Waals surface area contributed by atoms with E-state index in [0.717, 1.165) is 25.3 Å². The Hall–Kier alpha value is -2.14. The van der Waals surface area contributed by atoms with Crippen LogP contribution in [0.4, 0.5) is 18.0 Å². The number of hydrogen-bond acceptors (Lipinski definition) is 6. The average molecular weight is 481 g/mol. The normalized spacial score (nSPS) is 28.8. The number of rotatable bonds is 8. The van der Waals surface area contributed by atoms with Gasteiger partial charge in [-0.15, -0.1) is 11.6 Å². The van der Waals surface area contributed by atoms with Crippen molar-refractivity contribution < 1.29 is 32.2 Å². The van der Waals surface area contributed by atoms with Gasteiger partial charge in [0.15, 0.2) is 0 Å². The summed E-state index contributed by atoms with van der Waals surface area (Å²) in [6.07, 6.45) is 1.07. The minimum absolute atomic E-state index is 0.0373. The summed E-state index contributed by atoms with van der Waals surface area (Å²) in [4.78, 5) is 16.7. The van der Waals surface area contributed by atoms with Crippen LogP contribution in [0.1, 0.15) is 32.6 Å². The minimum Gasteiger partial charge on any atom is -0.490 e. The fourth-order valence-corrected chi connectivity index (χ4v) is 4.32. The number of urea groups is 1. The number of hydrogen-bond donors (Lipinski definition) is 2. The molecule has 3 rings (SSSR count). The topological polar surface area (TPSA) is 98.4 Å². The first-order valence-electron chi connectivity index (χ1n) is 10.5. The van der Waals surface area contributed by atoms with Crippen molar-refractivity contribution in [3.63, 3.8) is 0 Å². The number of primary amides is 1. The quantitative estimate of drug-likeness (QED) is 0.520. The molecule has 1 saturated heterocycles. The Morgan fingerprint density at radius 1 is 1.47 bits per heavy atom. The van der Waals surface area contributed by atoms with Gasteiger partial charge in [0.25, 0.3) is 12.4 Å². The molecule has 2 aliphatic heterocycles. The van der Waals surface area contributed by atoms with Crippen LogP contribution in [0, 0.1) is 0 Å². The fourth-order valence-electron chi connectivity index (χ4n) is 3.91. The molecule has 5 atom stereocenters. The van der Waals surface area contributed by atoms with Crippen LogP contribution in [0.25, 0.3) is 0 Å². The highest BCUT2D eigenvalue weighted by Crippen LogP contribution is 2.38. The molecule has 0 saturated carbocycles. The van der Waals surface area contributed by atoms with Gasteiger partial charge in [0.2, 0.25) is 0 Å². The summed E-state index contributed by atoms with van der Waals surface area (Å²) in [6.45, 7) is 1.35. The summed E-state index contributed by atoms with van der Waals surface area (Å²) in [5, 5.41) is 1.75. The molecule has 3 N–H and O–H groups in total. The Kier molecular flexibility index (Phi) is 8.16. The highest BCUT2D eigenvalue weighted by molar-refractivity contribution is 6.23. The smallest absolute Gasteiger partial charge is 0.312 e. The van der Waals surface area contributed by atoms with E-state index in [4.69, 9.17) is 31.5 Å². The van der Waals surface area contributed by atoms with E-state index in [9.17, 15) is 18.0 Å². The van der Waals surface area contributed by atoms with Crippen molar-refractivity contribution in [2.45, 2.75) is 68.7 Å². The lowest BCUT2D eigenvalue weighted by Gasteiger charge is -2.33. The van der Waals surface area contributed by atoms with E-state index < -0.39 is 36.3 Å². The van der Waals surface area contributed by atoms with Crippen molar-refractivity contribution in [3.05, 3.63) is 23.4 Å². The van der Waals surface area contributed by atoms with E-state index in [1.807, 2.05) is 6.92 Å². The number of carbonyl (C=O) groups excluding carboxylic acids is 1. The number of amidine groups is 1. The van der Waals surface area contributed by atoms with Crippen molar-refractivity contribution in [2.24, 2.45) is 10.7 Å². The van der Waals surface area contributed by atoms with E-state index in [1.165, 1.54) is 0 Å². The maximum Gasteiger partial charge on any atom is 0.312 e. The highest BCUT2D eigenvalue weighted by atomic mass is 35.5. The van der Waals surface area contributed by atoms with Gasteiger partial charge in [-0.05, 0) is 32.6 Å². The van der Waals surface area contributed by atoms with Crippen molar-refractivity contribution in [1.82, 2.24) is 10.2 Å². The number of halogens is 4. The number of alkyl halides is 3. The third-order valence-electron chi connectivity index (χ3n) is 5.56. The summed E-state index contributed by atoms with van der Waals surface area (Å²) < 4.78 is 56.2. The Labute approximate surface area is 189 Å². The second-order valence-corrected chi connectivity index (χ2v) is 8.56. The molecule has 2 heterocycles. The van der Waals surface area contributed by atoms with Crippen LogP contribution in [0.15, 0.2) is 28.4 Å². The van der Waals surface area contributed by atoms with Crippen LogP contribution in [-0.4, -0.2) is 73.3 Å². The SMILES string of the molecule is C[C@@H](CC[C@@H]1CC[C@@H](OC2=NC3=C(F)C=C(OCC(F)F)C(Cl)C3N2C)CO1)NC(N)=O. The first kappa shape index (κ1) is 24.5. The van der Waals surface area contributed by atoms with Gasteiger partial charge in [-0.25, -0.2) is 18.0 Å². The van der Waals surface area contributed by atoms with E-state index in [0.29, 0.717) is 13.0 Å². The largest absolute Gasteiger partial charge is 0.490 e. The molecule has 3 aliphatic rings. The van der Waals surface area contributed by atoms with Gasteiger partial charge in [0, 0.05) is 19.2 Å². The van der Waals surface area contributed by atoms with E-state index in [2.05, 4.69) is 10.3 Å². The Morgan fingerprint density at radius 2 is 2.22 bits per heavy atom. The molecule has 12 heteroatoms. The van der Waals surface area contributed by atoms with Gasteiger partial charge in [-0.2, -0.15) is 4.99 Å². The number of amides is 2. The van der Waals surface area contributed by atoms with E-state index >= 15 is 0 Å². The molecular formula is C20H28ClF3N4O4. The van der Waals surface area contributed by atoms with Gasteiger partial charge < -0.3 is 30.2 Å². The number of nitrogens with one attached hydrogen (secondary N) is 1. The average Bonchev–Trinajstić information content (AvgIpc) is 3.05. The molecule has 180 valence electrons. The van der Waals surface area contributed by atoms with Crippen molar-refractivity contribution in [2.75, 3.05) is 20.3 Å². The van der Waals surface area contributed by atoms with Gasteiger partial charge in [-0.3, -0.25) is 0 Å². The Bertz CT molecular complexity index is 787. The van der Waals surface area contributed by atoms with Crippen molar-refractivity contribution in [3.8, 4) is 0 Å². The molecule has 0 bridgehead atoms. The number of likely N-dealkylation sites (N-methyl/N-ethyl adjacent to an activating group) is 1. The number of aliphatic imine (C=N–C) groups is 1. The van der Waals surface area contributed by atoms with Crippen LogP contribution >= 0.6 is 11.6 Å². The number of nitrogens with two attached hydrogens (primary N) is 1. The molecule has 0 aromatic rings. The zero-order valence-corrected chi connectivity index (χ0v) is 18.7. The number of nitrogens with zero attached hydrogens (tertiary/aromatic N) is 2. The third kappa shape index (κ3) is 6.00. The number of carbonyl (C=O) groups is 1. The monoisotopic (exact) mass is 480 g/mol. The lowest BCUT2D eigenvalue weighted by Crippen LogP contribution is -2.44. The molecule has 0 radical (unpaired) electrons. The lowest BCUT2D eigenvalue weighted by atomic mass is 10.0. The molecule has 1 aliphatic carbocycles. The predicted octanol–water partition coefficient (Wildman–Crippen LogP) is 3.03. The zero-order chi connectivity index (χ0) is 23.4. The lowest BCUT2D eigenvalue weighted by molar-refractivity contribution is -0.0577. The van der Waals surface area contributed by atoms with Crippen molar-refractivity contribution >= 4 is 23.7 Å². The van der Waals surface area contributed by atoms with Crippen molar-refractivity contribution in [1.29, 1.82) is 0 Å². The summed E-state index contributed by atoms with van der Waals surface area (Å²) in [6, 6.07) is -1.11. The maximum atomic E-state index is 14.5. The molecule has 1 fully saturated rings. The van der Waals surface area contributed by atoms with Crippen LogP contribution in [0.5, 0.6) is 0 Å². The van der Waals surface area contributed by atoms with Crippen LogP contribution in [0.2, 0.25) is 0 Å². The zero-order valence-electron chi connectivity index (χ0n) is 17.9. The molecule has 32 heavy (non-hydrogen) atoms. The molecule has 0 aromatic heterocycles. The fraction of sp³-hybridized carbons (Fsp3) is 0.700. The van der Waals surface area contributed by atoms with Gasteiger partial charge in [0.1, 0.15) is 41.4 Å². The minimum atomic E-state index is -2.69. The molecule has 0 spiro atoms. The summed E-state index contributed by atoms with van der Waals surface area (Å²) in [7, 11) is 1.65. The molecule has 2 unspecified atom stereocenters. The summed E-state index contributed by atoms with van der Waals surface area (Å²) in [5.41, 5.74) is 5.20. The summed E-state index contributed by atoms with van der Waals surface area (Å²) >= 11 is 6.38. The Morgan fingerprint density at radius 3 is 2.84 bits per heavy atom. The predicted molar refractivity (Wildman–Crippen MR) is 112 cm³/mol. The molecule has 8 nitrogen and oxygen atoms in total. The first-order chi connectivity index (χ1) is 15.2. The van der Waals surface area contributed by atoms with Crippen LogP contribution in [0.3, 0.4) is 0 Å². The van der Waals surface area contributed by atoms with Gasteiger partial charge >= 0.3 is 6.03 Å². The number of fused-ring (bicyclic) bond motifs is 1. The van der Waals surface area contributed by atoms with E-state index in [-0.39, 0.29) is 35.7 Å². The second-order valence-electron chi connectivity index (χ2n) is 8.09. The highest BCUT2D eigenvalue weighted by Gasteiger charge is 2.44. The first-order valence-corrected chi connectivity index (χ1v) is 10.9. The maximum absolute atomic E-state index is 14.5. The number of allylic oxidation sites excluding steroid dienone is 2. The third-order valence-corrected chi connectivity index (χ3v) is 6.02. The van der Waals surface area contributed by atoms with Gasteiger partial charge in [-0.1, -0.05) is 0 Å². The number of ether oxygens (including phenoxy) is 3. The summed E-state index contributed by atoms with van der Waals surface area (Å²) in [5.74, 6) is -0.759. The van der Waals surface area contributed by atoms with Gasteiger partial charge in [0.05, 0.1) is 12.7 Å². The molecule has 0 aromatic carbocycles. The second kappa shape index (κ2) is 10.7. The van der Waals surface area contributed by atoms with Crippen LogP contribution in [-0.2, 0) is 14.2 Å². The van der Waals surface area contributed by atoms with E-state index in [1.54, 1.807) is 11.9 Å². The molecule has 2 amide bonds. The van der Waals surface area contributed by atoms with Crippen LogP contribution < -0.4 is 11.1 Å².